The van der Waals surface area contributed by atoms with Crippen LogP contribution in [0.15, 0.2) is 30.3 Å². The van der Waals surface area contributed by atoms with Gasteiger partial charge >= 0.3 is 0 Å². The number of aromatic nitrogens is 1. The Morgan fingerprint density at radius 2 is 1.95 bits per heavy atom. The molecular formula is C17H25N3O. The molecule has 0 aliphatic heterocycles. The van der Waals surface area contributed by atoms with E-state index in [-0.39, 0.29) is 6.61 Å². The van der Waals surface area contributed by atoms with E-state index >= 15 is 0 Å². The quantitative estimate of drug-likeness (QED) is 0.822. The molecule has 3 N–H and O–H groups in total. The summed E-state index contributed by atoms with van der Waals surface area (Å²) in [4.78, 5) is 6.98. The first kappa shape index (κ1) is 15.7. The number of fused-ring (bicyclic) bond motifs is 1. The Bertz CT molecular complexity index is 581. The second-order valence-electron chi connectivity index (χ2n) is 5.25. The van der Waals surface area contributed by atoms with Crippen molar-refractivity contribution < 1.29 is 5.11 Å². The van der Waals surface area contributed by atoms with Crippen molar-refractivity contribution in [3.63, 3.8) is 0 Å². The number of hydrogen-bond acceptors (Lipinski definition) is 4. The summed E-state index contributed by atoms with van der Waals surface area (Å²) >= 11 is 0. The summed E-state index contributed by atoms with van der Waals surface area (Å²) in [6.07, 6.45) is 2.06. The lowest BCUT2D eigenvalue weighted by molar-refractivity contribution is 0.295. The van der Waals surface area contributed by atoms with E-state index in [0.717, 1.165) is 35.1 Å². The highest BCUT2D eigenvalue weighted by atomic mass is 16.3. The van der Waals surface area contributed by atoms with Crippen LogP contribution in [0.25, 0.3) is 10.9 Å². The number of aliphatic hydroxyl groups is 1. The molecule has 0 atom stereocenters. The van der Waals surface area contributed by atoms with Gasteiger partial charge in [-0.2, -0.15) is 0 Å². The topological polar surface area (TPSA) is 62.4 Å². The first-order valence-electron chi connectivity index (χ1n) is 7.71. The van der Waals surface area contributed by atoms with Crippen LogP contribution < -0.4 is 10.6 Å². The van der Waals surface area contributed by atoms with E-state index in [1.54, 1.807) is 0 Å². The van der Waals surface area contributed by atoms with Gasteiger partial charge in [-0.25, -0.2) is 4.98 Å². The van der Waals surface area contributed by atoms with Gasteiger partial charge in [-0.05, 0) is 30.5 Å². The molecule has 4 nitrogen and oxygen atoms in total. The molecule has 2 rings (SSSR count). The number of para-hydroxylation sites is 1. The molecule has 1 aromatic heterocycles. The molecule has 2 aromatic rings. The number of nitrogens with zero attached hydrogens (tertiary/aromatic N) is 2. The van der Waals surface area contributed by atoms with Gasteiger partial charge in [-0.15, -0.1) is 0 Å². The molecule has 4 heteroatoms. The molecule has 0 unspecified atom stereocenters. The van der Waals surface area contributed by atoms with Crippen molar-refractivity contribution in [1.82, 2.24) is 4.98 Å². The average molecular weight is 287 g/mol. The zero-order valence-corrected chi connectivity index (χ0v) is 12.9. The highest BCUT2D eigenvalue weighted by molar-refractivity contribution is 5.84. The van der Waals surface area contributed by atoms with Crippen molar-refractivity contribution in [1.29, 1.82) is 0 Å². The van der Waals surface area contributed by atoms with Gasteiger partial charge in [0.15, 0.2) is 0 Å². The van der Waals surface area contributed by atoms with Crippen LogP contribution in [-0.4, -0.2) is 29.3 Å². The molecule has 0 spiro atoms. The van der Waals surface area contributed by atoms with Crippen molar-refractivity contribution >= 4 is 16.7 Å². The molecule has 0 saturated heterocycles. The predicted molar refractivity (Wildman–Crippen MR) is 88.4 cm³/mol. The lowest BCUT2D eigenvalue weighted by atomic mass is 10.1. The van der Waals surface area contributed by atoms with E-state index < -0.39 is 0 Å². The molecule has 0 aliphatic carbocycles. The average Bonchev–Trinajstić information content (AvgIpc) is 2.54. The largest absolute Gasteiger partial charge is 0.395 e. The van der Waals surface area contributed by atoms with Gasteiger partial charge < -0.3 is 15.7 Å². The molecule has 1 heterocycles. The van der Waals surface area contributed by atoms with Crippen molar-refractivity contribution in [2.45, 2.75) is 39.3 Å². The van der Waals surface area contributed by atoms with Crippen LogP contribution in [0, 0.1) is 0 Å². The van der Waals surface area contributed by atoms with E-state index in [1.165, 1.54) is 0 Å². The number of aliphatic hydroxyl groups excluding tert-OH is 1. The zero-order chi connectivity index (χ0) is 15.2. The monoisotopic (exact) mass is 287 g/mol. The Kier molecular flexibility index (Phi) is 5.53. The summed E-state index contributed by atoms with van der Waals surface area (Å²) in [5, 5.41) is 10.5. The number of rotatable bonds is 7. The minimum atomic E-state index is 0.128. The number of benzene rings is 1. The summed E-state index contributed by atoms with van der Waals surface area (Å²) in [5.41, 5.74) is 7.97. The molecule has 0 amide bonds. The Morgan fingerprint density at radius 1 is 1.24 bits per heavy atom. The van der Waals surface area contributed by atoms with Crippen molar-refractivity contribution in [2.24, 2.45) is 5.73 Å². The molecule has 0 radical (unpaired) electrons. The first-order chi connectivity index (χ1) is 10.2. The molecular weight excluding hydrogens is 262 g/mol. The number of hydrogen-bond donors (Lipinski definition) is 2. The molecule has 0 saturated carbocycles. The standard InChI is InChI=1S/C17H25N3O/c1-3-14(4-2)20(9-10-21)17-11-13(12-18)15-7-5-6-8-16(15)19-17/h5-8,11,14,21H,3-4,9-10,12,18H2,1-2H3. The summed E-state index contributed by atoms with van der Waals surface area (Å²) in [7, 11) is 0. The van der Waals surface area contributed by atoms with E-state index in [4.69, 9.17) is 10.7 Å². The molecule has 0 fully saturated rings. The van der Waals surface area contributed by atoms with Gasteiger partial charge in [0.25, 0.3) is 0 Å². The second-order valence-corrected chi connectivity index (χ2v) is 5.25. The van der Waals surface area contributed by atoms with Gasteiger partial charge in [-0.3, -0.25) is 0 Å². The number of pyridine rings is 1. The molecule has 0 aliphatic rings. The molecule has 0 bridgehead atoms. The lowest BCUT2D eigenvalue weighted by Gasteiger charge is -2.31. The third-order valence-corrected chi connectivity index (χ3v) is 4.03. The minimum absolute atomic E-state index is 0.128. The van der Waals surface area contributed by atoms with E-state index in [0.29, 0.717) is 19.1 Å². The van der Waals surface area contributed by atoms with Gasteiger partial charge in [0.2, 0.25) is 0 Å². The third kappa shape index (κ3) is 3.34. The molecule has 114 valence electrons. The van der Waals surface area contributed by atoms with E-state index in [1.807, 2.05) is 18.2 Å². The van der Waals surface area contributed by atoms with Crippen molar-refractivity contribution in [3.8, 4) is 0 Å². The van der Waals surface area contributed by atoms with Crippen LogP contribution in [-0.2, 0) is 6.54 Å². The van der Waals surface area contributed by atoms with Gasteiger partial charge in [0, 0.05) is 24.5 Å². The maximum absolute atomic E-state index is 9.38. The van der Waals surface area contributed by atoms with Crippen LogP contribution >= 0.6 is 0 Å². The highest BCUT2D eigenvalue weighted by Gasteiger charge is 2.18. The lowest BCUT2D eigenvalue weighted by Crippen LogP contribution is -2.37. The van der Waals surface area contributed by atoms with E-state index in [2.05, 4.69) is 30.9 Å². The number of nitrogens with two attached hydrogens (primary N) is 1. The normalized spacial score (nSPS) is 11.3. The predicted octanol–water partition coefficient (Wildman–Crippen LogP) is 2.68. The molecule has 21 heavy (non-hydrogen) atoms. The Balaban J connectivity index is 2.51. The van der Waals surface area contributed by atoms with Crippen LogP contribution in [0.4, 0.5) is 5.82 Å². The Hall–Kier alpha value is -1.65. The van der Waals surface area contributed by atoms with Crippen LogP contribution in [0.2, 0.25) is 0 Å². The van der Waals surface area contributed by atoms with Crippen molar-refractivity contribution in [2.75, 3.05) is 18.1 Å². The van der Waals surface area contributed by atoms with Crippen LogP contribution in [0.5, 0.6) is 0 Å². The Morgan fingerprint density at radius 3 is 2.57 bits per heavy atom. The maximum atomic E-state index is 9.38. The zero-order valence-electron chi connectivity index (χ0n) is 12.9. The van der Waals surface area contributed by atoms with Crippen LogP contribution in [0.1, 0.15) is 32.3 Å². The summed E-state index contributed by atoms with van der Waals surface area (Å²) in [6.45, 7) is 5.56. The third-order valence-electron chi connectivity index (χ3n) is 4.03. The first-order valence-corrected chi connectivity index (χ1v) is 7.71. The van der Waals surface area contributed by atoms with Gasteiger partial charge in [0.1, 0.15) is 5.82 Å². The SMILES string of the molecule is CCC(CC)N(CCO)c1cc(CN)c2ccccc2n1. The highest BCUT2D eigenvalue weighted by Crippen LogP contribution is 2.25. The summed E-state index contributed by atoms with van der Waals surface area (Å²) < 4.78 is 0. The van der Waals surface area contributed by atoms with Crippen molar-refractivity contribution in [3.05, 3.63) is 35.9 Å². The second kappa shape index (κ2) is 7.38. The Labute approximate surface area is 126 Å². The van der Waals surface area contributed by atoms with Gasteiger partial charge in [-0.1, -0.05) is 32.0 Å². The molecule has 1 aromatic carbocycles. The minimum Gasteiger partial charge on any atom is -0.395 e. The smallest absolute Gasteiger partial charge is 0.129 e. The van der Waals surface area contributed by atoms with Crippen LogP contribution in [0.3, 0.4) is 0 Å². The summed E-state index contributed by atoms with van der Waals surface area (Å²) in [5.74, 6) is 0.914. The fourth-order valence-corrected chi connectivity index (χ4v) is 2.87. The van der Waals surface area contributed by atoms with E-state index in [9.17, 15) is 5.11 Å². The maximum Gasteiger partial charge on any atom is 0.129 e. The fraction of sp³-hybridized carbons (Fsp3) is 0.471. The summed E-state index contributed by atoms with van der Waals surface area (Å²) in [6, 6.07) is 10.5. The van der Waals surface area contributed by atoms with Gasteiger partial charge in [0.05, 0.1) is 12.1 Å². The number of anilines is 1. The fourth-order valence-electron chi connectivity index (χ4n) is 2.87.